The molecule has 0 aromatic heterocycles. The lowest BCUT2D eigenvalue weighted by Gasteiger charge is -2.07. The number of phenolic OH excluding ortho intramolecular Hbond substituents is 1. The van der Waals surface area contributed by atoms with E-state index in [1.807, 2.05) is 0 Å². The molecule has 0 amide bonds. The van der Waals surface area contributed by atoms with Gasteiger partial charge in [0, 0.05) is 6.54 Å². The number of halogens is 1. The van der Waals surface area contributed by atoms with Crippen LogP contribution in [0.1, 0.15) is 5.56 Å². The van der Waals surface area contributed by atoms with Gasteiger partial charge in [-0.2, -0.15) is 0 Å². The van der Waals surface area contributed by atoms with Gasteiger partial charge in [0.25, 0.3) is 0 Å². The Balaban J connectivity index is 2.73. The van der Waals surface area contributed by atoms with E-state index in [0.717, 1.165) is 5.56 Å². The molecule has 0 bridgehead atoms. The highest BCUT2D eigenvalue weighted by atomic mass is 35.5. The molecule has 1 unspecified atom stereocenters. The van der Waals surface area contributed by atoms with Crippen LogP contribution in [0.15, 0.2) is 18.2 Å². The summed E-state index contributed by atoms with van der Waals surface area (Å²) in [5.74, 6) is 0.0488. The summed E-state index contributed by atoms with van der Waals surface area (Å²) in [6.45, 7) is 0.221. The quantitative estimate of drug-likeness (QED) is 0.681. The maximum absolute atomic E-state index is 9.24. The zero-order valence-electron chi connectivity index (χ0n) is 7.07. The second-order valence-electron chi connectivity index (χ2n) is 2.88. The second-order valence-corrected chi connectivity index (χ2v) is 3.29. The van der Waals surface area contributed by atoms with E-state index < -0.39 is 6.10 Å². The first-order chi connectivity index (χ1) is 6.13. The molecule has 4 N–H and O–H groups in total. The Bertz CT molecular complexity index is 291. The highest BCUT2D eigenvalue weighted by molar-refractivity contribution is 6.32. The average Bonchev–Trinajstić information content (AvgIpc) is 2.11. The molecule has 4 heteroatoms. The monoisotopic (exact) mass is 201 g/mol. The van der Waals surface area contributed by atoms with E-state index in [1.54, 1.807) is 12.1 Å². The largest absolute Gasteiger partial charge is 0.506 e. The topological polar surface area (TPSA) is 66.5 Å². The SMILES string of the molecule is NCC(O)Cc1ccc(O)c(Cl)c1. The first-order valence-electron chi connectivity index (χ1n) is 3.99. The van der Waals surface area contributed by atoms with Crippen molar-refractivity contribution in [1.82, 2.24) is 0 Å². The van der Waals surface area contributed by atoms with Crippen LogP contribution in [0.5, 0.6) is 5.75 Å². The van der Waals surface area contributed by atoms with Crippen molar-refractivity contribution < 1.29 is 10.2 Å². The van der Waals surface area contributed by atoms with Crippen LogP contribution in [0.2, 0.25) is 5.02 Å². The van der Waals surface area contributed by atoms with Gasteiger partial charge in [0.1, 0.15) is 5.75 Å². The summed E-state index contributed by atoms with van der Waals surface area (Å²) in [7, 11) is 0. The van der Waals surface area contributed by atoms with E-state index in [2.05, 4.69) is 0 Å². The van der Waals surface area contributed by atoms with Crippen LogP contribution in [0.3, 0.4) is 0 Å². The molecule has 0 spiro atoms. The Hall–Kier alpha value is -0.770. The molecular weight excluding hydrogens is 190 g/mol. The molecule has 0 aliphatic carbocycles. The average molecular weight is 202 g/mol. The minimum atomic E-state index is -0.555. The van der Waals surface area contributed by atoms with Gasteiger partial charge in [-0.05, 0) is 24.1 Å². The fourth-order valence-electron chi connectivity index (χ4n) is 1.03. The van der Waals surface area contributed by atoms with E-state index in [0.29, 0.717) is 11.4 Å². The van der Waals surface area contributed by atoms with E-state index in [1.165, 1.54) is 6.07 Å². The molecule has 0 radical (unpaired) electrons. The van der Waals surface area contributed by atoms with Gasteiger partial charge in [-0.3, -0.25) is 0 Å². The molecule has 1 rings (SSSR count). The van der Waals surface area contributed by atoms with E-state index in [4.69, 9.17) is 22.4 Å². The number of rotatable bonds is 3. The van der Waals surface area contributed by atoms with Crippen molar-refractivity contribution in [3.8, 4) is 5.75 Å². The van der Waals surface area contributed by atoms with Crippen LogP contribution in [0.25, 0.3) is 0 Å². The zero-order chi connectivity index (χ0) is 9.84. The van der Waals surface area contributed by atoms with Gasteiger partial charge in [0.2, 0.25) is 0 Å². The Morgan fingerprint density at radius 3 is 2.69 bits per heavy atom. The van der Waals surface area contributed by atoms with Crippen molar-refractivity contribution in [3.63, 3.8) is 0 Å². The number of hydrogen-bond acceptors (Lipinski definition) is 3. The molecular formula is C9H12ClNO2. The zero-order valence-corrected chi connectivity index (χ0v) is 7.83. The Morgan fingerprint density at radius 2 is 2.15 bits per heavy atom. The van der Waals surface area contributed by atoms with Crippen LogP contribution in [-0.2, 0) is 6.42 Å². The fourth-order valence-corrected chi connectivity index (χ4v) is 1.24. The maximum Gasteiger partial charge on any atom is 0.134 e. The van der Waals surface area contributed by atoms with Crippen molar-refractivity contribution in [2.24, 2.45) is 5.73 Å². The summed E-state index contributed by atoms with van der Waals surface area (Å²) in [6, 6.07) is 4.83. The lowest BCUT2D eigenvalue weighted by atomic mass is 10.1. The van der Waals surface area contributed by atoms with Crippen molar-refractivity contribution in [2.45, 2.75) is 12.5 Å². The van der Waals surface area contributed by atoms with Crippen LogP contribution in [0, 0.1) is 0 Å². The number of aromatic hydroxyl groups is 1. The number of benzene rings is 1. The minimum Gasteiger partial charge on any atom is -0.506 e. The van der Waals surface area contributed by atoms with Crippen molar-refractivity contribution in [2.75, 3.05) is 6.54 Å². The first kappa shape index (κ1) is 10.3. The Kier molecular flexibility index (Phi) is 3.54. The third-order valence-corrected chi connectivity index (χ3v) is 2.06. The number of phenols is 1. The molecule has 1 atom stereocenters. The maximum atomic E-state index is 9.24. The second kappa shape index (κ2) is 4.46. The third kappa shape index (κ3) is 2.88. The third-order valence-electron chi connectivity index (χ3n) is 1.76. The molecule has 1 aromatic rings. The van der Waals surface area contributed by atoms with Crippen molar-refractivity contribution >= 4 is 11.6 Å². The Morgan fingerprint density at radius 1 is 1.46 bits per heavy atom. The normalized spacial score (nSPS) is 12.8. The highest BCUT2D eigenvalue weighted by Gasteiger charge is 2.05. The number of nitrogens with two attached hydrogens (primary N) is 1. The summed E-state index contributed by atoms with van der Waals surface area (Å²) in [5, 5.41) is 18.7. The van der Waals surface area contributed by atoms with E-state index in [-0.39, 0.29) is 12.3 Å². The van der Waals surface area contributed by atoms with Gasteiger partial charge in [0.05, 0.1) is 11.1 Å². The molecule has 1 aromatic carbocycles. The fraction of sp³-hybridized carbons (Fsp3) is 0.333. The summed E-state index contributed by atoms with van der Waals surface area (Å²) >= 11 is 5.68. The number of aliphatic hydroxyl groups excluding tert-OH is 1. The van der Waals surface area contributed by atoms with Gasteiger partial charge >= 0.3 is 0 Å². The number of aliphatic hydroxyl groups is 1. The van der Waals surface area contributed by atoms with Crippen molar-refractivity contribution in [1.29, 1.82) is 0 Å². The summed E-state index contributed by atoms with van der Waals surface area (Å²) in [4.78, 5) is 0. The summed E-state index contributed by atoms with van der Waals surface area (Å²) < 4.78 is 0. The molecule has 0 heterocycles. The summed E-state index contributed by atoms with van der Waals surface area (Å²) in [5.41, 5.74) is 6.12. The van der Waals surface area contributed by atoms with E-state index >= 15 is 0 Å². The van der Waals surface area contributed by atoms with Crippen LogP contribution < -0.4 is 5.73 Å². The van der Waals surface area contributed by atoms with Crippen LogP contribution in [-0.4, -0.2) is 22.9 Å². The lowest BCUT2D eigenvalue weighted by molar-refractivity contribution is 0.183. The van der Waals surface area contributed by atoms with Crippen molar-refractivity contribution in [3.05, 3.63) is 28.8 Å². The molecule has 0 saturated heterocycles. The predicted molar refractivity (Wildman–Crippen MR) is 51.9 cm³/mol. The van der Waals surface area contributed by atoms with Crippen LogP contribution >= 0.6 is 11.6 Å². The van der Waals surface area contributed by atoms with Gasteiger partial charge in [-0.1, -0.05) is 17.7 Å². The molecule has 0 aliphatic rings. The lowest BCUT2D eigenvalue weighted by Crippen LogP contribution is -2.21. The molecule has 0 fully saturated rings. The molecule has 3 nitrogen and oxygen atoms in total. The summed E-state index contributed by atoms with van der Waals surface area (Å²) in [6.07, 6.45) is -0.100. The van der Waals surface area contributed by atoms with Gasteiger partial charge in [0.15, 0.2) is 0 Å². The van der Waals surface area contributed by atoms with Gasteiger partial charge in [-0.25, -0.2) is 0 Å². The molecule has 0 aliphatic heterocycles. The molecule has 0 saturated carbocycles. The standard InChI is InChI=1S/C9H12ClNO2/c10-8-4-6(1-2-9(8)13)3-7(12)5-11/h1-2,4,7,12-13H,3,5,11H2. The van der Waals surface area contributed by atoms with Gasteiger partial charge in [-0.15, -0.1) is 0 Å². The first-order valence-corrected chi connectivity index (χ1v) is 4.37. The Labute approximate surface area is 81.8 Å². The molecule has 13 heavy (non-hydrogen) atoms. The molecule has 72 valence electrons. The minimum absolute atomic E-state index is 0.0488. The van der Waals surface area contributed by atoms with E-state index in [9.17, 15) is 5.11 Å². The van der Waals surface area contributed by atoms with Gasteiger partial charge < -0.3 is 15.9 Å². The highest BCUT2D eigenvalue weighted by Crippen LogP contribution is 2.23. The number of hydrogen-bond donors (Lipinski definition) is 3. The van der Waals surface area contributed by atoms with Crippen LogP contribution in [0.4, 0.5) is 0 Å². The predicted octanol–water partition coefficient (Wildman–Crippen LogP) is 0.908. The smallest absolute Gasteiger partial charge is 0.134 e.